The fourth-order valence-corrected chi connectivity index (χ4v) is 3.65. The van der Waals surface area contributed by atoms with Gasteiger partial charge in [-0.1, -0.05) is 60.7 Å². The molecule has 0 amide bonds. The molecule has 2 aromatic carbocycles. The third-order valence-corrected chi connectivity index (χ3v) is 5.07. The average Bonchev–Trinajstić information content (AvgIpc) is 2.74. The molecule has 9 heteroatoms. The van der Waals surface area contributed by atoms with Crippen molar-refractivity contribution in [1.82, 2.24) is 4.90 Å². The van der Waals surface area contributed by atoms with E-state index in [4.69, 9.17) is 20.1 Å². The quantitative estimate of drug-likeness (QED) is 0.213. The Morgan fingerprint density at radius 1 is 1.06 bits per heavy atom. The fraction of sp³-hybridized carbons (Fsp3) is 0.348. The minimum Gasteiger partial charge on any atom is -0.465 e. The number of carbonyl (C=O) groups excluding carboxylic acids is 2. The summed E-state index contributed by atoms with van der Waals surface area (Å²) in [6.07, 6.45) is 2.03. The van der Waals surface area contributed by atoms with Crippen molar-refractivity contribution >= 4 is 18.1 Å². The van der Waals surface area contributed by atoms with Gasteiger partial charge in [0.25, 0.3) is 0 Å². The van der Waals surface area contributed by atoms with Crippen molar-refractivity contribution < 1.29 is 24.0 Å². The molecule has 9 nitrogen and oxygen atoms in total. The Balaban J connectivity index is 0.000000837. The summed E-state index contributed by atoms with van der Waals surface area (Å²) in [5.41, 5.74) is 1.07. The first kappa shape index (κ1) is 24.5. The maximum atomic E-state index is 12.8. The van der Waals surface area contributed by atoms with Crippen molar-refractivity contribution in [2.24, 2.45) is 5.41 Å². The molecule has 2 aromatic rings. The van der Waals surface area contributed by atoms with Crippen molar-refractivity contribution in [3.63, 3.8) is 0 Å². The molecule has 0 bridgehead atoms. The van der Waals surface area contributed by atoms with Gasteiger partial charge < -0.3 is 20.1 Å². The number of nitrogens with zero attached hydrogens (tertiary/aromatic N) is 3. The third kappa shape index (κ3) is 6.90. The van der Waals surface area contributed by atoms with E-state index in [9.17, 15) is 9.59 Å². The van der Waals surface area contributed by atoms with Crippen LogP contribution >= 0.6 is 0 Å². The molecule has 0 aliphatic carbocycles. The van der Waals surface area contributed by atoms with Crippen LogP contribution in [-0.2, 0) is 27.4 Å². The Kier molecular flexibility index (Phi) is 8.88. The van der Waals surface area contributed by atoms with Crippen molar-refractivity contribution in [1.29, 1.82) is 0 Å². The van der Waals surface area contributed by atoms with Crippen LogP contribution in [0.2, 0.25) is 0 Å². The molecule has 1 heterocycles. The molecule has 3 rings (SSSR count). The van der Waals surface area contributed by atoms with Gasteiger partial charge in [0.1, 0.15) is 26.2 Å². The molecule has 0 saturated heterocycles. The average molecular weight is 441 g/mol. The highest BCUT2D eigenvalue weighted by molar-refractivity contribution is 6.03. The Labute approximate surface area is 186 Å². The van der Waals surface area contributed by atoms with Gasteiger partial charge in [0.15, 0.2) is 11.2 Å². The highest BCUT2D eigenvalue weighted by atomic mass is 16.9. The van der Waals surface area contributed by atoms with Gasteiger partial charge in [-0.05, 0) is 25.0 Å². The van der Waals surface area contributed by atoms with E-state index in [1.807, 2.05) is 76.5 Å². The van der Waals surface area contributed by atoms with E-state index < -0.39 is 16.5 Å². The van der Waals surface area contributed by atoms with E-state index in [1.165, 1.54) is 6.92 Å². The van der Waals surface area contributed by atoms with E-state index in [1.54, 1.807) is 6.92 Å². The number of carbonyl (C=O) groups is 2. The molecule has 0 saturated carbocycles. The molecule has 0 N–H and O–H groups in total. The molecule has 170 valence electrons. The van der Waals surface area contributed by atoms with Crippen molar-refractivity contribution in [2.45, 2.75) is 26.9 Å². The molecule has 0 radical (unpaired) electrons. The summed E-state index contributed by atoms with van der Waals surface area (Å²) < 4.78 is 7.36. The summed E-state index contributed by atoms with van der Waals surface area (Å²) in [4.78, 5) is 35.8. The zero-order chi connectivity index (χ0) is 23.6. The standard InChI is InChI=1S/C23H27N2O3.NO3/c1-3-28-22(27)23(19(2)26)16-24(14-20-10-6-4-7-11-20)18-25(17-23)15-21-12-8-5-9-13-21;2-1(3)4/h4-13,18H,3,14-17H2,1-2H3;/q+1;-1. The van der Waals surface area contributed by atoms with Crippen LogP contribution < -0.4 is 0 Å². The van der Waals surface area contributed by atoms with Crippen LogP contribution in [0.5, 0.6) is 0 Å². The highest BCUT2D eigenvalue weighted by Gasteiger charge is 2.52. The number of rotatable bonds is 7. The Hall–Kier alpha value is -3.75. The number of benzene rings is 2. The van der Waals surface area contributed by atoms with Gasteiger partial charge in [0.05, 0.1) is 11.7 Å². The zero-order valence-corrected chi connectivity index (χ0v) is 18.2. The van der Waals surface area contributed by atoms with Crippen LogP contribution in [0.4, 0.5) is 0 Å². The lowest BCUT2D eigenvalue weighted by atomic mass is 9.81. The molecule has 1 unspecified atom stereocenters. The number of hydrogen-bond acceptors (Lipinski definition) is 7. The van der Waals surface area contributed by atoms with Crippen LogP contribution in [0, 0.1) is 20.7 Å². The number of Topliss-reactive ketones (excluding diaryl/α,β-unsaturated/α-hetero) is 1. The van der Waals surface area contributed by atoms with Gasteiger partial charge in [0, 0.05) is 0 Å². The molecular formula is C23H27N3O6. The first-order valence-electron chi connectivity index (χ1n) is 10.2. The summed E-state index contributed by atoms with van der Waals surface area (Å²) in [7, 11) is 0. The molecule has 0 fully saturated rings. The van der Waals surface area contributed by atoms with Crippen LogP contribution in [0.1, 0.15) is 25.0 Å². The van der Waals surface area contributed by atoms with Gasteiger partial charge in [0.2, 0.25) is 6.34 Å². The normalized spacial score (nSPS) is 17.4. The fourth-order valence-electron chi connectivity index (χ4n) is 3.65. The maximum Gasteiger partial charge on any atom is 0.327 e. The minimum atomic E-state index is -1.75. The van der Waals surface area contributed by atoms with Crippen LogP contribution in [-0.4, -0.2) is 52.3 Å². The van der Waals surface area contributed by atoms with E-state index in [-0.39, 0.29) is 12.4 Å². The molecule has 0 spiro atoms. The lowest BCUT2D eigenvalue weighted by Crippen LogP contribution is -2.57. The lowest BCUT2D eigenvalue weighted by Gasteiger charge is -2.34. The van der Waals surface area contributed by atoms with Crippen LogP contribution in [0.15, 0.2) is 60.7 Å². The van der Waals surface area contributed by atoms with E-state index in [0.29, 0.717) is 26.2 Å². The largest absolute Gasteiger partial charge is 0.465 e. The Morgan fingerprint density at radius 2 is 1.59 bits per heavy atom. The lowest BCUT2D eigenvalue weighted by molar-refractivity contribution is -0.559. The molecular weight excluding hydrogens is 414 g/mol. The predicted molar refractivity (Wildman–Crippen MR) is 118 cm³/mol. The first-order valence-corrected chi connectivity index (χ1v) is 10.2. The second kappa shape index (κ2) is 11.6. The highest BCUT2D eigenvalue weighted by Crippen LogP contribution is 2.27. The topological polar surface area (TPSA) is 116 Å². The number of hydrogen-bond donors (Lipinski definition) is 0. The summed E-state index contributed by atoms with van der Waals surface area (Å²) in [5.74, 6) is -0.595. The summed E-state index contributed by atoms with van der Waals surface area (Å²) in [6.45, 7) is 5.41. The first-order chi connectivity index (χ1) is 15.3. The van der Waals surface area contributed by atoms with Crippen LogP contribution in [0.3, 0.4) is 0 Å². The Bertz CT molecular complexity index is 945. The Morgan fingerprint density at radius 3 is 2.09 bits per heavy atom. The number of ether oxygens (including phenoxy) is 1. The monoisotopic (exact) mass is 441 g/mol. The van der Waals surface area contributed by atoms with Crippen molar-refractivity contribution in [2.75, 3.05) is 19.7 Å². The van der Waals surface area contributed by atoms with Gasteiger partial charge in [-0.25, -0.2) is 0 Å². The van der Waals surface area contributed by atoms with E-state index in [2.05, 4.69) is 0 Å². The van der Waals surface area contributed by atoms with Crippen molar-refractivity contribution in [3.05, 3.63) is 87.1 Å². The predicted octanol–water partition coefficient (Wildman–Crippen LogP) is 2.64. The third-order valence-electron chi connectivity index (χ3n) is 5.07. The molecule has 1 atom stereocenters. The molecule has 1 aliphatic rings. The van der Waals surface area contributed by atoms with Gasteiger partial charge in [-0.2, -0.15) is 0 Å². The van der Waals surface area contributed by atoms with Crippen LogP contribution in [0.25, 0.3) is 0 Å². The van der Waals surface area contributed by atoms with Gasteiger partial charge >= 0.3 is 5.97 Å². The second-order valence-electron chi connectivity index (χ2n) is 7.48. The van der Waals surface area contributed by atoms with E-state index >= 15 is 0 Å². The zero-order valence-electron chi connectivity index (χ0n) is 18.2. The number of ketones is 1. The molecule has 1 aliphatic heterocycles. The minimum absolute atomic E-state index is 0.157. The molecule has 32 heavy (non-hydrogen) atoms. The number of esters is 1. The van der Waals surface area contributed by atoms with Gasteiger partial charge in [-0.15, -0.1) is 0 Å². The summed E-state index contributed by atoms with van der Waals surface area (Å²) >= 11 is 0. The summed E-state index contributed by atoms with van der Waals surface area (Å²) in [6, 6.07) is 20.1. The second-order valence-corrected chi connectivity index (χ2v) is 7.48. The van der Waals surface area contributed by atoms with Gasteiger partial charge in [-0.3, -0.25) is 19.1 Å². The molecule has 0 aromatic heterocycles. The smallest absolute Gasteiger partial charge is 0.327 e. The SMILES string of the molecule is CCOC(=O)C1(C(C)=O)CN(Cc2ccccc2)C=[N+](Cc2ccccc2)C1.O=[N+]([O-])[O-]. The summed E-state index contributed by atoms with van der Waals surface area (Å²) in [5, 5.41) is 14.8. The van der Waals surface area contributed by atoms with Crippen molar-refractivity contribution in [3.8, 4) is 0 Å². The maximum absolute atomic E-state index is 12.8. The van der Waals surface area contributed by atoms with E-state index in [0.717, 1.165) is 11.1 Å².